The Balaban J connectivity index is 2.06. The van der Waals surface area contributed by atoms with Crippen LogP contribution in [0.4, 0.5) is 0 Å². The molecule has 1 aromatic heterocycles. The van der Waals surface area contributed by atoms with Crippen molar-refractivity contribution < 1.29 is 9.52 Å². The van der Waals surface area contributed by atoms with Crippen molar-refractivity contribution in [3.63, 3.8) is 0 Å². The van der Waals surface area contributed by atoms with Crippen LogP contribution in [0.1, 0.15) is 45.3 Å². The van der Waals surface area contributed by atoms with Gasteiger partial charge in [0.15, 0.2) is 0 Å². The van der Waals surface area contributed by atoms with Gasteiger partial charge in [-0.1, -0.05) is 26.7 Å². The summed E-state index contributed by atoms with van der Waals surface area (Å²) >= 11 is 0. The Morgan fingerprint density at radius 2 is 2.07 bits per heavy atom. The largest absolute Gasteiger partial charge is 0.469 e. The van der Waals surface area contributed by atoms with Crippen LogP contribution in [0.15, 0.2) is 22.8 Å². The first-order valence-corrected chi connectivity index (χ1v) is 5.89. The molecule has 0 amide bonds. The quantitative estimate of drug-likeness (QED) is 0.748. The van der Waals surface area contributed by atoms with Crippen LogP contribution < -0.4 is 0 Å². The molecule has 15 heavy (non-hydrogen) atoms. The third kappa shape index (κ3) is 5.63. The lowest BCUT2D eigenvalue weighted by Crippen LogP contribution is -2.08. The van der Waals surface area contributed by atoms with Crippen molar-refractivity contribution in [2.24, 2.45) is 5.92 Å². The van der Waals surface area contributed by atoms with Crippen LogP contribution in [-0.4, -0.2) is 11.2 Å². The maximum Gasteiger partial charge on any atom is 0.103 e. The topological polar surface area (TPSA) is 33.4 Å². The van der Waals surface area contributed by atoms with Crippen LogP contribution in [0.3, 0.4) is 0 Å². The second-order valence-electron chi connectivity index (χ2n) is 4.60. The molecule has 1 atom stereocenters. The fourth-order valence-electron chi connectivity index (χ4n) is 1.67. The van der Waals surface area contributed by atoms with Gasteiger partial charge in [0.05, 0.1) is 12.4 Å². The molecule has 2 nitrogen and oxygen atoms in total. The van der Waals surface area contributed by atoms with Crippen molar-refractivity contribution in [2.45, 2.75) is 52.1 Å². The van der Waals surface area contributed by atoms with Gasteiger partial charge in [-0.3, -0.25) is 0 Å². The first-order valence-electron chi connectivity index (χ1n) is 5.89. The zero-order valence-corrected chi connectivity index (χ0v) is 9.78. The molecule has 0 aliphatic carbocycles. The molecule has 1 N–H and O–H groups in total. The van der Waals surface area contributed by atoms with E-state index in [1.54, 1.807) is 6.26 Å². The molecule has 0 radical (unpaired) electrons. The molecule has 0 bridgehead atoms. The number of hydrogen-bond donors (Lipinski definition) is 1. The number of aryl methyl sites for hydroxylation is 1. The van der Waals surface area contributed by atoms with Gasteiger partial charge in [0.1, 0.15) is 5.76 Å². The van der Waals surface area contributed by atoms with Gasteiger partial charge in [-0.25, -0.2) is 0 Å². The Labute approximate surface area is 92.3 Å². The molecule has 0 fully saturated rings. The molecule has 0 aliphatic heterocycles. The maximum absolute atomic E-state index is 9.72. The second kappa shape index (κ2) is 6.67. The van der Waals surface area contributed by atoms with Crippen LogP contribution in [-0.2, 0) is 6.42 Å². The number of aliphatic hydroxyl groups excluding tert-OH is 1. The Kier molecular flexibility index (Phi) is 5.48. The van der Waals surface area contributed by atoms with E-state index in [0.29, 0.717) is 0 Å². The van der Waals surface area contributed by atoms with E-state index in [-0.39, 0.29) is 6.10 Å². The van der Waals surface area contributed by atoms with Crippen LogP contribution in [0.25, 0.3) is 0 Å². The molecule has 0 aliphatic rings. The van der Waals surface area contributed by atoms with Crippen LogP contribution >= 0.6 is 0 Å². The highest BCUT2D eigenvalue weighted by Crippen LogP contribution is 2.12. The van der Waals surface area contributed by atoms with Crippen molar-refractivity contribution in [1.82, 2.24) is 0 Å². The van der Waals surface area contributed by atoms with Crippen LogP contribution in [0, 0.1) is 5.92 Å². The first kappa shape index (κ1) is 12.3. The number of furan rings is 1. The summed E-state index contributed by atoms with van der Waals surface area (Å²) in [6.07, 6.45) is 6.41. The SMILES string of the molecule is CC(C)CCCC(O)CCc1ccco1. The molecule has 86 valence electrons. The molecular weight excluding hydrogens is 188 g/mol. The number of rotatable bonds is 7. The minimum atomic E-state index is -0.172. The summed E-state index contributed by atoms with van der Waals surface area (Å²) in [6.45, 7) is 4.43. The summed E-state index contributed by atoms with van der Waals surface area (Å²) in [4.78, 5) is 0. The van der Waals surface area contributed by atoms with E-state index < -0.39 is 0 Å². The van der Waals surface area contributed by atoms with E-state index in [2.05, 4.69) is 13.8 Å². The van der Waals surface area contributed by atoms with Crippen molar-refractivity contribution in [3.05, 3.63) is 24.2 Å². The summed E-state index contributed by atoms with van der Waals surface area (Å²) in [6, 6.07) is 3.85. The molecule has 1 unspecified atom stereocenters. The fraction of sp³-hybridized carbons (Fsp3) is 0.692. The lowest BCUT2D eigenvalue weighted by atomic mass is 10.0. The fourth-order valence-corrected chi connectivity index (χ4v) is 1.67. The Morgan fingerprint density at radius 3 is 2.67 bits per heavy atom. The normalized spacial score (nSPS) is 13.3. The van der Waals surface area contributed by atoms with E-state index >= 15 is 0 Å². The van der Waals surface area contributed by atoms with E-state index in [4.69, 9.17) is 4.42 Å². The Hall–Kier alpha value is -0.760. The third-order valence-electron chi connectivity index (χ3n) is 2.62. The summed E-state index contributed by atoms with van der Waals surface area (Å²) in [5.41, 5.74) is 0. The zero-order chi connectivity index (χ0) is 11.1. The smallest absolute Gasteiger partial charge is 0.103 e. The molecule has 0 spiro atoms. The third-order valence-corrected chi connectivity index (χ3v) is 2.62. The van der Waals surface area contributed by atoms with E-state index in [1.807, 2.05) is 12.1 Å². The standard InChI is InChI=1S/C13H22O2/c1-11(2)5-3-6-12(14)8-9-13-7-4-10-15-13/h4,7,10-12,14H,3,5-6,8-9H2,1-2H3. The van der Waals surface area contributed by atoms with Gasteiger partial charge < -0.3 is 9.52 Å². The Bertz CT molecular complexity index is 239. The first-order chi connectivity index (χ1) is 7.18. The lowest BCUT2D eigenvalue weighted by Gasteiger charge is -2.10. The second-order valence-corrected chi connectivity index (χ2v) is 4.60. The zero-order valence-electron chi connectivity index (χ0n) is 9.78. The number of hydrogen-bond acceptors (Lipinski definition) is 2. The predicted molar refractivity (Wildman–Crippen MR) is 61.7 cm³/mol. The van der Waals surface area contributed by atoms with Crippen LogP contribution in [0.5, 0.6) is 0 Å². The summed E-state index contributed by atoms with van der Waals surface area (Å²) in [7, 11) is 0. The van der Waals surface area contributed by atoms with Crippen molar-refractivity contribution in [1.29, 1.82) is 0 Å². The Morgan fingerprint density at radius 1 is 1.27 bits per heavy atom. The van der Waals surface area contributed by atoms with E-state index in [1.165, 1.54) is 6.42 Å². The van der Waals surface area contributed by atoms with Crippen molar-refractivity contribution in [2.75, 3.05) is 0 Å². The van der Waals surface area contributed by atoms with Crippen LogP contribution in [0.2, 0.25) is 0 Å². The van der Waals surface area contributed by atoms with Gasteiger partial charge in [-0.2, -0.15) is 0 Å². The minimum absolute atomic E-state index is 0.172. The summed E-state index contributed by atoms with van der Waals surface area (Å²) in [5, 5.41) is 9.72. The van der Waals surface area contributed by atoms with E-state index in [9.17, 15) is 5.11 Å². The average molecular weight is 210 g/mol. The molecule has 1 heterocycles. The predicted octanol–water partition coefficient (Wildman–Crippen LogP) is 3.40. The lowest BCUT2D eigenvalue weighted by molar-refractivity contribution is 0.148. The molecule has 0 aromatic carbocycles. The average Bonchev–Trinajstić information content (AvgIpc) is 2.66. The van der Waals surface area contributed by atoms with Gasteiger partial charge in [0.25, 0.3) is 0 Å². The molecule has 0 saturated heterocycles. The highest BCUT2D eigenvalue weighted by atomic mass is 16.3. The summed E-state index contributed by atoms with van der Waals surface area (Å²) in [5.74, 6) is 1.71. The summed E-state index contributed by atoms with van der Waals surface area (Å²) < 4.78 is 5.22. The van der Waals surface area contributed by atoms with Crippen molar-refractivity contribution in [3.8, 4) is 0 Å². The number of aliphatic hydroxyl groups is 1. The highest BCUT2D eigenvalue weighted by Gasteiger charge is 2.06. The monoisotopic (exact) mass is 210 g/mol. The van der Waals surface area contributed by atoms with Gasteiger partial charge >= 0.3 is 0 Å². The highest BCUT2D eigenvalue weighted by molar-refractivity contribution is 4.98. The van der Waals surface area contributed by atoms with Gasteiger partial charge in [-0.05, 0) is 30.9 Å². The molecular formula is C13H22O2. The maximum atomic E-state index is 9.72. The molecule has 0 saturated carbocycles. The van der Waals surface area contributed by atoms with Gasteiger partial charge in [0.2, 0.25) is 0 Å². The molecule has 2 heteroatoms. The van der Waals surface area contributed by atoms with Crippen molar-refractivity contribution >= 4 is 0 Å². The molecule has 1 rings (SSSR count). The molecule has 1 aromatic rings. The van der Waals surface area contributed by atoms with Gasteiger partial charge in [0, 0.05) is 6.42 Å². The minimum Gasteiger partial charge on any atom is -0.469 e. The van der Waals surface area contributed by atoms with Gasteiger partial charge in [-0.15, -0.1) is 0 Å². The van der Waals surface area contributed by atoms with E-state index in [0.717, 1.165) is 37.4 Å².